The summed E-state index contributed by atoms with van der Waals surface area (Å²) >= 11 is 0. The van der Waals surface area contributed by atoms with Crippen molar-refractivity contribution >= 4 is 11.9 Å². The van der Waals surface area contributed by atoms with Crippen molar-refractivity contribution in [3.8, 4) is 11.8 Å². The molecule has 36 heavy (non-hydrogen) atoms. The first-order chi connectivity index (χ1) is 17.4. The van der Waals surface area contributed by atoms with Crippen molar-refractivity contribution in [1.29, 1.82) is 5.26 Å². The number of amides is 1. The molecule has 0 saturated carbocycles. The number of anilines is 1. The zero-order chi connectivity index (χ0) is 25.8. The molecule has 0 spiro atoms. The van der Waals surface area contributed by atoms with Gasteiger partial charge in [-0.3, -0.25) is 4.79 Å². The molecular weight excluding hydrogens is 454 g/mol. The summed E-state index contributed by atoms with van der Waals surface area (Å²) in [6.07, 6.45) is 6.15. The van der Waals surface area contributed by atoms with Crippen LogP contribution in [0.25, 0.3) is 0 Å². The van der Waals surface area contributed by atoms with Gasteiger partial charge in [0.1, 0.15) is 6.07 Å². The number of ether oxygens (including phenoxy) is 1. The van der Waals surface area contributed by atoms with Gasteiger partial charge in [-0.2, -0.15) is 5.26 Å². The van der Waals surface area contributed by atoms with E-state index in [1.54, 1.807) is 12.4 Å². The second kappa shape index (κ2) is 10.8. The summed E-state index contributed by atoms with van der Waals surface area (Å²) in [5.41, 5.74) is 5.20. The van der Waals surface area contributed by atoms with Crippen molar-refractivity contribution in [1.82, 2.24) is 24.3 Å². The lowest BCUT2D eigenvalue weighted by atomic mass is 9.90. The minimum absolute atomic E-state index is 0.00685. The number of imidazole rings is 1. The third-order valence-electron chi connectivity index (χ3n) is 6.50. The summed E-state index contributed by atoms with van der Waals surface area (Å²) in [5, 5.41) is 12.5. The second-order valence-corrected chi connectivity index (χ2v) is 9.23. The van der Waals surface area contributed by atoms with E-state index in [0.717, 1.165) is 41.2 Å². The number of benzene rings is 1. The maximum atomic E-state index is 13.9. The molecule has 9 nitrogen and oxygen atoms in total. The van der Waals surface area contributed by atoms with Crippen molar-refractivity contribution in [3.63, 3.8) is 0 Å². The van der Waals surface area contributed by atoms with Crippen molar-refractivity contribution in [2.24, 2.45) is 0 Å². The smallest absolute Gasteiger partial charge is 0.254 e. The Morgan fingerprint density at radius 1 is 1.28 bits per heavy atom. The maximum absolute atomic E-state index is 13.9. The van der Waals surface area contributed by atoms with E-state index in [9.17, 15) is 10.1 Å². The fourth-order valence-corrected chi connectivity index (χ4v) is 4.79. The van der Waals surface area contributed by atoms with Crippen molar-refractivity contribution in [2.45, 2.75) is 39.4 Å². The predicted molar refractivity (Wildman–Crippen MR) is 138 cm³/mol. The number of hydrogen-bond acceptors (Lipinski definition) is 7. The van der Waals surface area contributed by atoms with Gasteiger partial charge in [0.2, 0.25) is 5.95 Å². The van der Waals surface area contributed by atoms with Crippen LogP contribution in [0.5, 0.6) is 5.75 Å². The predicted octanol–water partition coefficient (Wildman–Crippen LogP) is 3.46. The molecule has 0 aliphatic carbocycles. The van der Waals surface area contributed by atoms with E-state index in [0.29, 0.717) is 25.4 Å². The average molecular weight is 488 g/mol. The Morgan fingerprint density at radius 2 is 2.08 bits per heavy atom. The highest BCUT2D eigenvalue weighted by molar-refractivity contribution is 5.97. The third kappa shape index (κ3) is 5.04. The van der Waals surface area contributed by atoms with E-state index in [1.807, 2.05) is 62.8 Å². The van der Waals surface area contributed by atoms with Gasteiger partial charge in [0.25, 0.3) is 5.91 Å². The molecule has 3 aromatic rings. The Morgan fingerprint density at radius 3 is 2.78 bits per heavy atom. The SMILES string of the molecule is CCOc1cc(C(C)N2CCc3c(CN(C)C)cc(Cn4ccnc4NC)cc3C2=O)cnc1C#N. The topological polar surface area (TPSA) is 99.3 Å². The molecule has 2 aromatic heterocycles. The molecule has 1 amide bonds. The normalized spacial score (nSPS) is 13.9. The van der Waals surface area contributed by atoms with Crippen molar-refractivity contribution in [3.05, 3.63) is 70.3 Å². The van der Waals surface area contributed by atoms with Crippen LogP contribution < -0.4 is 10.1 Å². The Hall–Kier alpha value is -3.90. The van der Waals surface area contributed by atoms with Crippen LogP contribution in [0.4, 0.5) is 5.95 Å². The first kappa shape index (κ1) is 25.2. The molecule has 188 valence electrons. The quantitative estimate of drug-likeness (QED) is 0.493. The molecule has 0 radical (unpaired) electrons. The van der Waals surface area contributed by atoms with E-state index < -0.39 is 0 Å². The standard InChI is InChI=1S/C27H33N7O2/c1-6-36-25-13-20(15-31-24(25)14-28)18(2)34-9-7-22-21(17-32(4)5)11-19(12-23(22)26(34)35)16-33-10-8-30-27(33)29-3/h8,10-13,15,18H,6-7,9,16-17H2,1-5H3,(H,29,30). The molecule has 0 bridgehead atoms. The van der Waals surface area contributed by atoms with E-state index in [-0.39, 0.29) is 17.6 Å². The Balaban J connectivity index is 1.69. The first-order valence-corrected chi connectivity index (χ1v) is 12.2. The molecule has 9 heteroatoms. The number of carbonyl (C=O) groups excluding carboxylic acids is 1. The van der Waals surface area contributed by atoms with Gasteiger partial charge in [-0.15, -0.1) is 0 Å². The highest BCUT2D eigenvalue weighted by Crippen LogP contribution is 2.32. The molecule has 0 fully saturated rings. The van der Waals surface area contributed by atoms with Gasteiger partial charge >= 0.3 is 0 Å². The number of carbonyl (C=O) groups is 1. The molecule has 3 heterocycles. The minimum atomic E-state index is -0.212. The van der Waals surface area contributed by atoms with Gasteiger partial charge in [-0.05, 0) is 68.8 Å². The fourth-order valence-electron chi connectivity index (χ4n) is 4.79. The van der Waals surface area contributed by atoms with Gasteiger partial charge in [-0.1, -0.05) is 6.07 Å². The lowest BCUT2D eigenvalue weighted by Crippen LogP contribution is -2.40. The maximum Gasteiger partial charge on any atom is 0.254 e. The summed E-state index contributed by atoms with van der Waals surface area (Å²) in [4.78, 5) is 26.5. The number of nitriles is 1. The summed E-state index contributed by atoms with van der Waals surface area (Å²) in [5.74, 6) is 1.24. The van der Waals surface area contributed by atoms with Crippen LogP contribution in [-0.4, -0.2) is 64.5 Å². The van der Waals surface area contributed by atoms with E-state index in [2.05, 4.69) is 32.3 Å². The van der Waals surface area contributed by atoms with Gasteiger partial charge in [0.15, 0.2) is 11.4 Å². The van der Waals surface area contributed by atoms with E-state index in [1.165, 1.54) is 5.56 Å². The number of nitrogens with zero attached hydrogens (tertiary/aromatic N) is 6. The number of hydrogen-bond donors (Lipinski definition) is 1. The number of aromatic nitrogens is 3. The molecule has 1 aliphatic heterocycles. The molecule has 1 aromatic carbocycles. The van der Waals surface area contributed by atoms with Crippen LogP contribution in [0, 0.1) is 11.3 Å². The highest BCUT2D eigenvalue weighted by atomic mass is 16.5. The zero-order valence-electron chi connectivity index (χ0n) is 21.6. The van der Waals surface area contributed by atoms with Crippen LogP contribution in [0.15, 0.2) is 36.8 Å². The Labute approximate surface area is 212 Å². The molecule has 1 aliphatic rings. The molecular formula is C27H33N7O2. The summed E-state index contributed by atoms with van der Waals surface area (Å²) in [6, 6.07) is 7.92. The Kier molecular flexibility index (Phi) is 7.55. The monoisotopic (exact) mass is 487 g/mol. The second-order valence-electron chi connectivity index (χ2n) is 9.23. The highest BCUT2D eigenvalue weighted by Gasteiger charge is 2.31. The molecule has 1 N–H and O–H groups in total. The molecule has 1 unspecified atom stereocenters. The van der Waals surface area contributed by atoms with Crippen LogP contribution in [0.1, 0.15) is 58.2 Å². The molecule has 1 atom stereocenters. The van der Waals surface area contributed by atoms with E-state index >= 15 is 0 Å². The molecule has 4 rings (SSSR count). The largest absolute Gasteiger partial charge is 0.491 e. The lowest BCUT2D eigenvalue weighted by molar-refractivity contribution is 0.0671. The number of pyridine rings is 1. The van der Waals surface area contributed by atoms with Crippen LogP contribution in [0.2, 0.25) is 0 Å². The fraction of sp³-hybridized carbons (Fsp3) is 0.407. The number of nitrogens with one attached hydrogen (secondary N) is 1. The number of rotatable bonds is 9. The van der Waals surface area contributed by atoms with Crippen LogP contribution in [0.3, 0.4) is 0 Å². The van der Waals surface area contributed by atoms with Crippen molar-refractivity contribution < 1.29 is 9.53 Å². The average Bonchev–Trinajstić information content (AvgIpc) is 3.31. The van der Waals surface area contributed by atoms with Gasteiger partial charge < -0.3 is 24.4 Å². The third-order valence-corrected chi connectivity index (χ3v) is 6.50. The summed E-state index contributed by atoms with van der Waals surface area (Å²) in [7, 11) is 5.93. The van der Waals surface area contributed by atoms with Gasteiger partial charge in [0.05, 0.1) is 19.2 Å². The van der Waals surface area contributed by atoms with Gasteiger partial charge in [0, 0.05) is 44.3 Å². The summed E-state index contributed by atoms with van der Waals surface area (Å²) < 4.78 is 7.65. The minimum Gasteiger partial charge on any atom is -0.491 e. The number of fused-ring (bicyclic) bond motifs is 1. The van der Waals surface area contributed by atoms with Crippen LogP contribution in [-0.2, 0) is 19.5 Å². The van der Waals surface area contributed by atoms with Gasteiger partial charge in [-0.25, -0.2) is 9.97 Å². The van der Waals surface area contributed by atoms with Crippen LogP contribution >= 0.6 is 0 Å². The molecule has 0 saturated heterocycles. The first-order valence-electron chi connectivity index (χ1n) is 12.2. The lowest BCUT2D eigenvalue weighted by Gasteiger charge is -2.35. The Bertz CT molecular complexity index is 1290. The van der Waals surface area contributed by atoms with Crippen molar-refractivity contribution in [2.75, 3.05) is 39.6 Å². The zero-order valence-corrected chi connectivity index (χ0v) is 21.6. The summed E-state index contributed by atoms with van der Waals surface area (Å²) in [6.45, 7) is 6.30. The van der Waals surface area contributed by atoms with E-state index in [4.69, 9.17) is 4.74 Å².